The molecule has 2 N–H and O–H groups in total. The standard InChI is InChI=1S/C13H16BrNO4/c1-8-3-5-9(6-4-8)11(14)12(17)15-10(7-16)13(18)19-2/h3-6,10-11,16H,7H2,1-2H3,(H,15,17)/t10-,11-/m0/s1. The molecule has 0 aliphatic heterocycles. The fourth-order valence-corrected chi connectivity index (χ4v) is 1.89. The van der Waals surface area contributed by atoms with E-state index in [4.69, 9.17) is 5.11 Å². The molecule has 5 nitrogen and oxygen atoms in total. The monoisotopic (exact) mass is 329 g/mol. The van der Waals surface area contributed by atoms with Crippen LogP contribution in [0.5, 0.6) is 0 Å². The van der Waals surface area contributed by atoms with Crippen LogP contribution in [0, 0.1) is 6.92 Å². The summed E-state index contributed by atoms with van der Waals surface area (Å²) >= 11 is 3.26. The van der Waals surface area contributed by atoms with Gasteiger partial charge in [0.2, 0.25) is 5.91 Å². The van der Waals surface area contributed by atoms with Crippen LogP contribution in [-0.4, -0.2) is 36.7 Å². The largest absolute Gasteiger partial charge is 0.467 e. The first-order chi connectivity index (χ1) is 8.99. The summed E-state index contributed by atoms with van der Waals surface area (Å²) in [6.45, 7) is 1.44. The summed E-state index contributed by atoms with van der Waals surface area (Å²) in [6.07, 6.45) is 0. The van der Waals surface area contributed by atoms with Gasteiger partial charge in [0.15, 0.2) is 6.04 Å². The van der Waals surface area contributed by atoms with E-state index in [2.05, 4.69) is 26.0 Å². The molecular weight excluding hydrogens is 314 g/mol. The van der Waals surface area contributed by atoms with Gasteiger partial charge in [-0.05, 0) is 12.5 Å². The van der Waals surface area contributed by atoms with Gasteiger partial charge in [0.25, 0.3) is 0 Å². The Hall–Kier alpha value is -1.40. The third kappa shape index (κ3) is 4.33. The highest BCUT2D eigenvalue weighted by molar-refractivity contribution is 9.09. The number of nitrogens with one attached hydrogen (secondary N) is 1. The van der Waals surface area contributed by atoms with Gasteiger partial charge >= 0.3 is 5.97 Å². The van der Waals surface area contributed by atoms with Crippen LogP contribution in [0.1, 0.15) is 16.0 Å². The Morgan fingerprint density at radius 1 is 1.37 bits per heavy atom. The van der Waals surface area contributed by atoms with Crippen molar-refractivity contribution in [3.63, 3.8) is 0 Å². The Balaban J connectivity index is 2.71. The molecule has 1 amide bonds. The summed E-state index contributed by atoms with van der Waals surface area (Å²) in [7, 11) is 1.20. The molecule has 2 atom stereocenters. The zero-order chi connectivity index (χ0) is 14.4. The van der Waals surface area contributed by atoms with E-state index < -0.39 is 29.4 Å². The van der Waals surface area contributed by atoms with Crippen molar-refractivity contribution in [1.29, 1.82) is 0 Å². The van der Waals surface area contributed by atoms with Gasteiger partial charge in [-0.1, -0.05) is 45.8 Å². The second kappa shape index (κ2) is 7.25. The highest BCUT2D eigenvalue weighted by Gasteiger charge is 2.24. The summed E-state index contributed by atoms with van der Waals surface area (Å²) in [5.41, 5.74) is 1.86. The number of halogens is 1. The van der Waals surface area contributed by atoms with Crippen LogP contribution in [0.25, 0.3) is 0 Å². The first-order valence-corrected chi connectivity index (χ1v) is 6.61. The second-order valence-electron chi connectivity index (χ2n) is 4.04. The van der Waals surface area contributed by atoms with Crippen molar-refractivity contribution in [2.45, 2.75) is 17.8 Å². The number of carbonyl (C=O) groups excluding carboxylic acids is 2. The van der Waals surface area contributed by atoms with Crippen LogP contribution in [-0.2, 0) is 14.3 Å². The molecule has 0 aliphatic carbocycles. The van der Waals surface area contributed by atoms with Gasteiger partial charge in [-0.15, -0.1) is 0 Å². The molecule has 0 spiro atoms. The molecule has 0 bridgehead atoms. The fraction of sp³-hybridized carbons (Fsp3) is 0.385. The molecule has 0 fully saturated rings. The Morgan fingerprint density at radius 3 is 2.42 bits per heavy atom. The minimum absolute atomic E-state index is 0.409. The normalized spacial score (nSPS) is 13.5. The predicted molar refractivity (Wildman–Crippen MR) is 73.9 cm³/mol. The zero-order valence-electron chi connectivity index (χ0n) is 10.7. The molecule has 0 saturated heterocycles. The summed E-state index contributed by atoms with van der Waals surface area (Å²) in [5, 5.41) is 11.5. The van der Waals surface area contributed by atoms with Gasteiger partial charge in [0.05, 0.1) is 13.7 Å². The van der Waals surface area contributed by atoms with Gasteiger partial charge in [-0.3, -0.25) is 4.79 Å². The number of amides is 1. The molecular formula is C13H16BrNO4. The van der Waals surface area contributed by atoms with Crippen LogP contribution in [0.2, 0.25) is 0 Å². The average molecular weight is 330 g/mol. The maximum atomic E-state index is 11.9. The van der Waals surface area contributed by atoms with Crippen molar-refractivity contribution in [2.24, 2.45) is 0 Å². The lowest BCUT2D eigenvalue weighted by Gasteiger charge is -2.16. The molecule has 0 aliphatic rings. The summed E-state index contributed by atoms with van der Waals surface area (Å²) in [5.74, 6) is -1.09. The minimum atomic E-state index is -1.05. The first kappa shape index (κ1) is 15.7. The quantitative estimate of drug-likeness (QED) is 0.626. The number of benzene rings is 1. The molecule has 1 rings (SSSR count). The van der Waals surface area contributed by atoms with Gasteiger partial charge in [-0.25, -0.2) is 4.79 Å². The second-order valence-corrected chi connectivity index (χ2v) is 4.96. The Bertz CT molecular complexity index is 446. The molecule has 0 radical (unpaired) electrons. The maximum absolute atomic E-state index is 11.9. The number of hydrogen-bond donors (Lipinski definition) is 2. The zero-order valence-corrected chi connectivity index (χ0v) is 12.3. The van der Waals surface area contributed by atoms with Crippen LogP contribution >= 0.6 is 15.9 Å². The van der Waals surface area contributed by atoms with E-state index in [0.717, 1.165) is 11.1 Å². The molecule has 0 aromatic heterocycles. The SMILES string of the molecule is COC(=O)[C@H](CO)NC(=O)[C@@H](Br)c1ccc(C)cc1. The predicted octanol–water partition coefficient (Wildman–Crippen LogP) is 1.08. The summed E-state index contributed by atoms with van der Waals surface area (Å²) < 4.78 is 4.48. The topological polar surface area (TPSA) is 75.6 Å². The number of ether oxygens (including phenoxy) is 1. The lowest BCUT2D eigenvalue weighted by atomic mass is 10.1. The Morgan fingerprint density at radius 2 is 1.95 bits per heavy atom. The third-order valence-corrected chi connectivity index (χ3v) is 3.53. The molecule has 1 aromatic carbocycles. The van der Waals surface area contributed by atoms with Crippen LogP contribution in [0.4, 0.5) is 0 Å². The maximum Gasteiger partial charge on any atom is 0.330 e. The van der Waals surface area contributed by atoms with Gasteiger partial charge < -0.3 is 15.2 Å². The van der Waals surface area contributed by atoms with Crippen LogP contribution in [0.15, 0.2) is 24.3 Å². The number of carbonyl (C=O) groups is 2. The van der Waals surface area contributed by atoms with Crippen LogP contribution < -0.4 is 5.32 Å². The lowest BCUT2D eigenvalue weighted by Crippen LogP contribution is -2.45. The average Bonchev–Trinajstić information content (AvgIpc) is 2.43. The van der Waals surface area contributed by atoms with Crippen molar-refractivity contribution >= 4 is 27.8 Å². The molecule has 0 heterocycles. The molecule has 0 saturated carbocycles. The van der Waals surface area contributed by atoms with Gasteiger partial charge in [0.1, 0.15) is 4.83 Å². The van der Waals surface area contributed by atoms with E-state index in [9.17, 15) is 9.59 Å². The van der Waals surface area contributed by atoms with Crippen molar-refractivity contribution in [3.8, 4) is 0 Å². The lowest BCUT2D eigenvalue weighted by molar-refractivity contribution is -0.146. The Kier molecular flexibility index (Phi) is 5.98. The van der Waals surface area contributed by atoms with Crippen molar-refractivity contribution < 1.29 is 19.4 Å². The number of esters is 1. The summed E-state index contributed by atoms with van der Waals surface area (Å²) in [4.78, 5) is 22.6. The number of aliphatic hydroxyl groups excluding tert-OH is 1. The number of methoxy groups -OCH3 is 1. The molecule has 19 heavy (non-hydrogen) atoms. The first-order valence-electron chi connectivity index (χ1n) is 5.69. The van der Waals surface area contributed by atoms with E-state index in [-0.39, 0.29) is 0 Å². The van der Waals surface area contributed by atoms with Crippen molar-refractivity contribution in [1.82, 2.24) is 5.32 Å². The fourth-order valence-electron chi connectivity index (χ4n) is 1.45. The molecule has 1 aromatic rings. The number of hydrogen-bond acceptors (Lipinski definition) is 4. The van der Waals surface area contributed by atoms with Gasteiger partial charge in [0, 0.05) is 0 Å². The smallest absolute Gasteiger partial charge is 0.330 e. The minimum Gasteiger partial charge on any atom is -0.467 e. The molecule has 0 unspecified atom stereocenters. The van der Waals surface area contributed by atoms with E-state index >= 15 is 0 Å². The number of rotatable bonds is 5. The van der Waals surface area contributed by atoms with E-state index in [1.807, 2.05) is 31.2 Å². The number of aliphatic hydroxyl groups is 1. The van der Waals surface area contributed by atoms with Gasteiger partial charge in [-0.2, -0.15) is 0 Å². The highest BCUT2D eigenvalue weighted by atomic mass is 79.9. The van der Waals surface area contributed by atoms with Crippen molar-refractivity contribution in [3.05, 3.63) is 35.4 Å². The summed E-state index contributed by atoms with van der Waals surface area (Å²) in [6, 6.07) is 6.37. The third-order valence-electron chi connectivity index (χ3n) is 2.58. The van der Waals surface area contributed by atoms with E-state index in [1.165, 1.54) is 7.11 Å². The van der Waals surface area contributed by atoms with E-state index in [1.54, 1.807) is 0 Å². The highest BCUT2D eigenvalue weighted by Crippen LogP contribution is 2.23. The van der Waals surface area contributed by atoms with Crippen LogP contribution in [0.3, 0.4) is 0 Å². The molecule has 6 heteroatoms. The molecule has 104 valence electrons. The number of alkyl halides is 1. The Labute approximate surface area is 120 Å². The van der Waals surface area contributed by atoms with E-state index in [0.29, 0.717) is 0 Å². The van der Waals surface area contributed by atoms with Crippen molar-refractivity contribution in [2.75, 3.05) is 13.7 Å². The number of aryl methyl sites for hydroxylation is 1.